The Morgan fingerprint density at radius 3 is 2.90 bits per heavy atom. The second kappa shape index (κ2) is 4.95. The average molecular weight is 293 g/mol. The van der Waals surface area contributed by atoms with Gasteiger partial charge >= 0.3 is 0 Å². The molecule has 0 bridgehead atoms. The second-order valence-corrected chi connectivity index (χ2v) is 4.91. The van der Waals surface area contributed by atoms with Gasteiger partial charge in [-0.15, -0.1) is 0 Å². The van der Waals surface area contributed by atoms with Crippen LogP contribution in [0.25, 0.3) is 11.0 Å². The number of nitrogens with two attached hydrogens (primary N) is 2. The number of ether oxygens (including phenoxy) is 1. The van der Waals surface area contributed by atoms with Crippen LogP contribution in [-0.2, 0) is 4.74 Å². The first kappa shape index (κ1) is 13.7. The number of carbonyl (C=O) groups excluding carboxylic acids is 1. The topological polar surface area (TPSA) is 150 Å². The molecule has 9 nitrogen and oxygen atoms in total. The molecule has 3 heterocycles. The summed E-state index contributed by atoms with van der Waals surface area (Å²) in [5, 5.41) is 19.5. The van der Waals surface area contributed by atoms with Gasteiger partial charge in [-0.2, -0.15) is 0 Å². The van der Waals surface area contributed by atoms with Gasteiger partial charge in [0.25, 0.3) is 5.91 Å². The van der Waals surface area contributed by atoms with Crippen molar-refractivity contribution in [3.05, 3.63) is 18.1 Å². The normalized spacial score (nSPS) is 25.5. The molecule has 21 heavy (non-hydrogen) atoms. The summed E-state index contributed by atoms with van der Waals surface area (Å²) in [5.41, 5.74) is 11.6. The lowest BCUT2D eigenvalue weighted by Gasteiger charge is -2.17. The minimum Gasteiger partial charge on any atom is -0.394 e. The standard InChI is InChI=1S/C12H15N5O4/c13-9-8-6(10(14)20)2-17(11(8)16-4-15-9)12-7(19)1-5(3-18)21-12/h2,4-5,7,12,18-19H,1,3H2,(H2,14,20)(H2,13,15,16)/t5-,7+,12+/m0/s1. The summed E-state index contributed by atoms with van der Waals surface area (Å²) in [6.45, 7) is -0.202. The molecule has 0 spiro atoms. The molecule has 9 heteroatoms. The van der Waals surface area contributed by atoms with Crippen LogP contribution in [0.1, 0.15) is 23.0 Å². The van der Waals surface area contributed by atoms with Crippen LogP contribution < -0.4 is 11.5 Å². The maximum atomic E-state index is 11.6. The molecule has 6 N–H and O–H groups in total. The SMILES string of the molecule is NC(=O)c1cn([C@@H]2O[C@H](CO)C[C@H]2O)c2ncnc(N)c12. The first-order valence-corrected chi connectivity index (χ1v) is 6.38. The number of hydrogen-bond acceptors (Lipinski definition) is 7. The molecule has 1 saturated heterocycles. The van der Waals surface area contributed by atoms with Crippen molar-refractivity contribution in [1.29, 1.82) is 0 Å². The number of rotatable bonds is 3. The minimum atomic E-state index is -0.838. The number of amides is 1. The van der Waals surface area contributed by atoms with Crippen molar-refractivity contribution < 1.29 is 19.7 Å². The number of anilines is 1. The Hall–Kier alpha value is -2.23. The Kier molecular flexibility index (Phi) is 3.24. The molecule has 3 atom stereocenters. The number of carbonyl (C=O) groups is 1. The summed E-state index contributed by atoms with van der Waals surface area (Å²) in [7, 11) is 0. The van der Waals surface area contributed by atoms with E-state index in [9.17, 15) is 9.90 Å². The molecule has 1 amide bonds. The second-order valence-electron chi connectivity index (χ2n) is 4.91. The number of fused-ring (bicyclic) bond motifs is 1. The Balaban J connectivity index is 2.16. The predicted molar refractivity (Wildman–Crippen MR) is 72.1 cm³/mol. The lowest BCUT2D eigenvalue weighted by molar-refractivity contribution is -0.0484. The summed E-state index contributed by atoms with van der Waals surface area (Å²) in [6.07, 6.45) is 0.892. The van der Waals surface area contributed by atoms with Gasteiger partial charge in [-0.1, -0.05) is 0 Å². The number of primary amides is 1. The van der Waals surface area contributed by atoms with Crippen molar-refractivity contribution in [1.82, 2.24) is 14.5 Å². The number of hydrogen-bond donors (Lipinski definition) is 4. The van der Waals surface area contributed by atoms with Crippen LogP contribution in [0, 0.1) is 0 Å². The number of aliphatic hydroxyl groups is 2. The van der Waals surface area contributed by atoms with Gasteiger partial charge in [0.2, 0.25) is 0 Å². The first-order chi connectivity index (χ1) is 10.0. The van der Waals surface area contributed by atoms with E-state index in [4.69, 9.17) is 21.3 Å². The summed E-state index contributed by atoms with van der Waals surface area (Å²) >= 11 is 0. The van der Waals surface area contributed by atoms with E-state index in [1.54, 1.807) is 0 Å². The molecule has 0 unspecified atom stereocenters. The Labute approximate surface area is 119 Å². The molecule has 0 radical (unpaired) electrons. The largest absolute Gasteiger partial charge is 0.394 e. The third kappa shape index (κ3) is 2.11. The average Bonchev–Trinajstić information content (AvgIpc) is 3.00. The fraction of sp³-hybridized carbons (Fsp3) is 0.417. The van der Waals surface area contributed by atoms with E-state index in [0.717, 1.165) is 0 Å². The quantitative estimate of drug-likeness (QED) is 0.552. The van der Waals surface area contributed by atoms with Crippen LogP contribution >= 0.6 is 0 Å². The van der Waals surface area contributed by atoms with Crippen LogP contribution in [-0.4, -0.2) is 49.5 Å². The molecule has 1 aliphatic heterocycles. The highest BCUT2D eigenvalue weighted by molar-refractivity contribution is 6.08. The minimum absolute atomic E-state index is 0.124. The fourth-order valence-electron chi connectivity index (χ4n) is 2.59. The van der Waals surface area contributed by atoms with E-state index in [1.807, 2.05) is 0 Å². The van der Waals surface area contributed by atoms with Crippen LogP contribution in [0.3, 0.4) is 0 Å². The van der Waals surface area contributed by atoms with E-state index in [2.05, 4.69) is 9.97 Å². The molecular weight excluding hydrogens is 278 g/mol. The van der Waals surface area contributed by atoms with Crippen molar-refractivity contribution >= 4 is 22.8 Å². The summed E-state index contributed by atoms with van der Waals surface area (Å²) in [4.78, 5) is 19.5. The van der Waals surface area contributed by atoms with Gasteiger partial charge in [0, 0.05) is 12.6 Å². The lowest BCUT2D eigenvalue weighted by atomic mass is 10.2. The van der Waals surface area contributed by atoms with Gasteiger partial charge in [-0.05, 0) is 0 Å². The predicted octanol–water partition coefficient (Wildman–Crippen LogP) is -1.25. The van der Waals surface area contributed by atoms with Crippen LogP contribution in [0.4, 0.5) is 5.82 Å². The van der Waals surface area contributed by atoms with E-state index >= 15 is 0 Å². The Morgan fingerprint density at radius 2 is 2.29 bits per heavy atom. The molecule has 0 aliphatic carbocycles. The van der Waals surface area contributed by atoms with Gasteiger partial charge in [0.15, 0.2) is 6.23 Å². The Bertz CT molecular complexity index is 700. The molecule has 2 aromatic heterocycles. The maximum absolute atomic E-state index is 11.6. The molecule has 1 aliphatic rings. The molecule has 112 valence electrons. The zero-order valence-corrected chi connectivity index (χ0v) is 11.0. The van der Waals surface area contributed by atoms with Crippen LogP contribution in [0.5, 0.6) is 0 Å². The van der Waals surface area contributed by atoms with Crippen molar-refractivity contribution in [2.24, 2.45) is 5.73 Å². The molecule has 1 fully saturated rings. The third-order valence-electron chi connectivity index (χ3n) is 3.55. The number of aliphatic hydroxyl groups excluding tert-OH is 2. The first-order valence-electron chi connectivity index (χ1n) is 6.38. The monoisotopic (exact) mass is 293 g/mol. The summed E-state index contributed by atoms with van der Waals surface area (Å²) < 4.78 is 7.05. The van der Waals surface area contributed by atoms with Crippen molar-refractivity contribution in [3.8, 4) is 0 Å². The van der Waals surface area contributed by atoms with Crippen molar-refractivity contribution in [2.45, 2.75) is 24.9 Å². The lowest BCUT2D eigenvalue weighted by Crippen LogP contribution is -2.19. The molecule has 0 aromatic carbocycles. The number of nitrogen functional groups attached to an aromatic ring is 1. The van der Waals surface area contributed by atoms with E-state index < -0.39 is 24.3 Å². The number of nitrogens with zero attached hydrogens (tertiary/aromatic N) is 3. The highest BCUT2D eigenvalue weighted by atomic mass is 16.5. The summed E-state index contributed by atoms with van der Waals surface area (Å²) in [5.74, 6) is -0.551. The van der Waals surface area contributed by atoms with Gasteiger partial charge in [0.05, 0.1) is 23.7 Å². The zero-order valence-electron chi connectivity index (χ0n) is 11.0. The van der Waals surface area contributed by atoms with E-state index in [-0.39, 0.29) is 24.4 Å². The van der Waals surface area contributed by atoms with Crippen LogP contribution in [0.15, 0.2) is 12.5 Å². The van der Waals surface area contributed by atoms with Gasteiger partial charge in [-0.3, -0.25) is 4.79 Å². The molecular formula is C12H15N5O4. The van der Waals surface area contributed by atoms with E-state index in [0.29, 0.717) is 11.0 Å². The highest BCUT2D eigenvalue weighted by Gasteiger charge is 2.36. The summed E-state index contributed by atoms with van der Waals surface area (Å²) in [6, 6.07) is 0. The van der Waals surface area contributed by atoms with Gasteiger partial charge in [-0.25, -0.2) is 9.97 Å². The highest BCUT2D eigenvalue weighted by Crippen LogP contribution is 2.33. The Morgan fingerprint density at radius 1 is 1.52 bits per heavy atom. The van der Waals surface area contributed by atoms with Crippen LogP contribution in [0.2, 0.25) is 0 Å². The van der Waals surface area contributed by atoms with Crippen molar-refractivity contribution in [3.63, 3.8) is 0 Å². The van der Waals surface area contributed by atoms with Gasteiger partial charge < -0.3 is 31.0 Å². The molecule has 2 aromatic rings. The smallest absolute Gasteiger partial charge is 0.251 e. The molecule has 3 rings (SSSR count). The molecule has 0 saturated carbocycles. The van der Waals surface area contributed by atoms with E-state index in [1.165, 1.54) is 17.1 Å². The number of aromatic nitrogens is 3. The van der Waals surface area contributed by atoms with Crippen molar-refractivity contribution in [2.75, 3.05) is 12.3 Å². The third-order valence-corrected chi connectivity index (χ3v) is 3.55. The maximum Gasteiger partial charge on any atom is 0.251 e. The zero-order chi connectivity index (χ0) is 15.1. The van der Waals surface area contributed by atoms with Gasteiger partial charge in [0.1, 0.15) is 23.9 Å². The fourth-order valence-corrected chi connectivity index (χ4v) is 2.59.